The molecule has 0 amide bonds. The number of hydrogen-bond acceptors (Lipinski definition) is 4. The standard InChI is InChI=1S/C13H20N2O3S.C2H6/c1-10-3-4-11(14)9-13(10)19(16,17)15-7-5-12(18-2)6-8-15;1-2/h3-4,9,12H,5-8,14H2,1-2H3;1-2H3. The van der Waals surface area contributed by atoms with E-state index in [9.17, 15) is 8.42 Å². The molecule has 0 bridgehead atoms. The van der Waals surface area contributed by atoms with Crippen molar-refractivity contribution in [2.45, 2.75) is 44.6 Å². The first-order valence-electron chi connectivity index (χ1n) is 7.34. The summed E-state index contributed by atoms with van der Waals surface area (Å²) in [5.74, 6) is 0. The van der Waals surface area contributed by atoms with Crippen LogP contribution < -0.4 is 5.73 Å². The Bertz CT molecular complexity index is 550. The second kappa shape index (κ2) is 7.77. The van der Waals surface area contributed by atoms with Crippen LogP contribution in [0.5, 0.6) is 0 Å². The van der Waals surface area contributed by atoms with Gasteiger partial charge in [-0.25, -0.2) is 8.42 Å². The molecule has 1 saturated heterocycles. The molecule has 1 aliphatic rings. The fourth-order valence-electron chi connectivity index (χ4n) is 2.34. The van der Waals surface area contributed by atoms with E-state index < -0.39 is 10.0 Å². The summed E-state index contributed by atoms with van der Waals surface area (Å²) in [6.07, 6.45) is 1.63. The van der Waals surface area contributed by atoms with Crippen LogP contribution in [0.15, 0.2) is 23.1 Å². The molecule has 0 aliphatic carbocycles. The number of ether oxygens (including phenoxy) is 1. The number of piperidine rings is 1. The minimum atomic E-state index is -3.45. The van der Waals surface area contributed by atoms with Crippen LogP contribution in [-0.2, 0) is 14.8 Å². The largest absolute Gasteiger partial charge is 0.399 e. The van der Waals surface area contributed by atoms with Gasteiger partial charge < -0.3 is 10.5 Å². The maximum atomic E-state index is 12.6. The fourth-order valence-corrected chi connectivity index (χ4v) is 4.07. The van der Waals surface area contributed by atoms with Crippen LogP contribution in [0.3, 0.4) is 0 Å². The number of nitrogens with two attached hydrogens (primary N) is 1. The quantitative estimate of drug-likeness (QED) is 0.870. The van der Waals surface area contributed by atoms with Gasteiger partial charge in [-0.15, -0.1) is 0 Å². The molecule has 1 heterocycles. The van der Waals surface area contributed by atoms with Crippen molar-refractivity contribution in [3.05, 3.63) is 23.8 Å². The molecular formula is C15H26N2O3S. The molecule has 21 heavy (non-hydrogen) atoms. The molecule has 1 aromatic carbocycles. The average molecular weight is 314 g/mol. The highest BCUT2D eigenvalue weighted by Gasteiger charge is 2.30. The maximum absolute atomic E-state index is 12.6. The smallest absolute Gasteiger partial charge is 0.243 e. The van der Waals surface area contributed by atoms with Crippen molar-refractivity contribution in [3.63, 3.8) is 0 Å². The van der Waals surface area contributed by atoms with Crippen molar-refractivity contribution in [2.24, 2.45) is 0 Å². The van der Waals surface area contributed by atoms with Crippen LogP contribution in [0, 0.1) is 6.92 Å². The Labute approximate surface area is 128 Å². The first kappa shape index (κ1) is 17.9. The van der Waals surface area contributed by atoms with E-state index in [0.717, 1.165) is 18.4 Å². The summed E-state index contributed by atoms with van der Waals surface area (Å²) < 4.78 is 31.9. The molecule has 120 valence electrons. The van der Waals surface area contributed by atoms with Crippen LogP contribution in [-0.4, -0.2) is 39.0 Å². The number of hydrogen-bond donors (Lipinski definition) is 1. The number of sulfonamides is 1. The fraction of sp³-hybridized carbons (Fsp3) is 0.600. The molecule has 0 saturated carbocycles. The van der Waals surface area contributed by atoms with Gasteiger partial charge in [0.05, 0.1) is 11.0 Å². The maximum Gasteiger partial charge on any atom is 0.243 e. The molecule has 0 unspecified atom stereocenters. The predicted molar refractivity (Wildman–Crippen MR) is 85.7 cm³/mol. The lowest BCUT2D eigenvalue weighted by Crippen LogP contribution is -2.40. The number of anilines is 1. The molecule has 6 heteroatoms. The van der Waals surface area contributed by atoms with Gasteiger partial charge in [0.2, 0.25) is 10.0 Å². The van der Waals surface area contributed by atoms with E-state index >= 15 is 0 Å². The van der Waals surface area contributed by atoms with Gasteiger partial charge >= 0.3 is 0 Å². The van der Waals surface area contributed by atoms with E-state index in [-0.39, 0.29) is 6.10 Å². The zero-order valence-corrected chi connectivity index (χ0v) is 14.1. The summed E-state index contributed by atoms with van der Waals surface area (Å²) in [7, 11) is -1.79. The second-order valence-corrected chi connectivity index (χ2v) is 6.77. The monoisotopic (exact) mass is 314 g/mol. The van der Waals surface area contributed by atoms with Gasteiger partial charge in [-0.2, -0.15) is 4.31 Å². The number of rotatable bonds is 3. The normalized spacial score (nSPS) is 17.1. The Morgan fingerprint density at radius 1 is 1.24 bits per heavy atom. The molecule has 2 N–H and O–H groups in total. The molecule has 0 atom stereocenters. The number of aryl methyl sites for hydroxylation is 1. The van der Waals surface area contributed by atoms with Crippen molar-refractivity contribution in [2.75, 3.05) is 25.9 Å². The highest BCUT2D eigenvalue weighted by molar-refractivity contribution is 7.89. The lowest BCUT2D eigenvalue weighted by atomic mass is 10.1. The molecule has 0 radical (unpaired) electrons. The van der Waals surface area contributed by atoms with Crippen LogP contribution >= 0.6 is 0 Å². The Balaban J connectivity index is 0.00000106. The molecule has 1 aromatic rings. The second-order valence-electron chi connectivity index (χ2n) is 4.86. The number of nitrogens with zero attached hydrogens (tertiary/aromatic N) is 1. The number of benzene rings is 1. The van der Waals surface area contributed by atoms with E-state index in [1.165, 1.54) is 10.4 Å². The summed E-state index contributed by atoms with van der Waals surface area (Å²) in [4.78, 5) is 0.309. The average Bonchev–Trinajstić information content (AvgIpc) is 2.51. The minimum absolute atomic E-state index is 0.161. The van der Waals surface area contributed by atoms with Crippen molar-refractivity contribution < 1.29 is 13.2 Å². The van der Waals surface area contributed by atoms with E-state index in [1.54, 1.807) is 26.2 Å². The van der Waals surface area contributed by atoms with Crippen LogP contribution in [0.4, 0.5) is 5.69 Å². The third-order valence-electron chi connectivity index (χ3n) is 3.56. The van der Waals surface area contributed by atoms with E-state index in [4.69, 9.17) is 10.5 Å². The Morgan fingerprint density at radius 3 is 2.33 bits per heavy atom. The van der Waals surface area contributed by atoms with E-state index in [2.05, 4.69) is 0 Å². The van der Waals surface area contributed by atoms with Crippen molar-refractivity contribution >= 4 is 15.7 Å². The van der Waals surface area contributed by atoms with Crippen LogP contribution in [0.2, 0.25) is 0 Å². The van der Waals surface area contributed by atoms with Crippen LogP contribution in [0.25, 0.3) is 0 Å². The van der Waals surface area contributed by atoms with Gasteiger partial charge in [0.25, 0.3) is 0 Å². The molecule has 1 aliphatic heterocycles. The highest BCUT2D eigenvalue weighted by atomic mass is 32.2. The minimum Gasteiger partial charge on any atom is -0.399 e. The number of methoxy groups -OCH3 is 1. The zero-order chi connectivity index (χ0) is 16.0. The predicted octanol–water partition coefficient (Wildman–Crippen LogP) is 2.40. The van der Waals surface area contributed by atoms with Gasteiger partial charge in [0, 0.05) is 25.9 Å². The third kappa shape index (κ3) is 4.18. The van der Waals surface area contributed by atoms with Crippen molar-refractivity contribution in [3.8, 4) is 0 Å². The first-order valence-corrected chi connectivity index (χ1v) is 8.78. The molecule has 0 aromatic heterocycles. The molecule has 5 nitrogen and oxygen atoms in total. The van der Waals surface area contributed by atoms with Gasteiger partial charge in [-0.05, 0) is 37.5 Å². The molecular weight excluding hydrogens is 288 g/mol. The van der Waals surface area contributed by atoms with E-state index in [1.807, 2.05) is 13.8 Å². The topological polar surface area (TPSA) is 72.6 Å². The van der Waals surface area contributed by atoms with Crippen molar-refractivity contribution in [1.29, 1.82) is 0 Å². The van der Waals surface area contributed by atoms with Gasteiger partial charge in [0.1, 0.15) is 0 Å². The zero-order valence-electron chi connectivity index (χ0n) is 13.3. The highest BCUT2D eigenvalue weighted by Crippen LogP contribution is 2.25. The Hall–Kier alpha value is -1.11. The summed E-state index contributed by atoms with van der Waals surface area (Å²) in [5, 5.41) is 0. The molecule has 0 spiro atoms. The summed E-state index contributed by atoms with van der Waals surface area (Å²) >= 11 is 0. The summed E-state index contributed by atoms with van der Waals surface area (Å²) in [6.45, 7) is 6.78. The SMILES string of the molecule is CC.COC1CCN(S(=O)(=O)c2cc(N)ccc2C)CC1. The lowest BCUT2D eigenvalue weighted by molar-refractivity contribution is 0.0604. The van der Waals surface area contributed by atoms with Gasteiger partial charge in [-0.1, -0.05) is 19.9 Å². The summed E-state index contributed by atoms with van der Waals surface area (Å²) in [6, 6.07) is 4.99. The number of nitrogen functional groups attached to an aromatic ring is 1. The third-order valence-corrected chi connectivity index (χ3v) is 5.60. The summed E-state index contributed by atoms with van der Waals surface area (Å²) in [5.41, 5.74) is 6.89. The Kier molecular flexibility index (Phi) is 6.64. The van der Waals surface area contributed by atoms with Gasteiger partial charge in [-0.3, -0.25) is 0 Å². The first-order chi connectivity index (χ1) is 9.95. The molecule has 2 rings (SSSR count). The lowest BCUT2D eigenvalue weighted by Gasteiger charge is -2.30. The van der Waals surface area contributed by atoms with E-state index in [0.29, 0.717) is 23.7 Å². The van der Waals surface area contributed by atoms with Crippen molar-refractivity contribution in [1.82, 2.24) is 4.31 Å². The van der Waals surface area contributed by atoms with Crippen LogP contribution in [0.1, 0.15) is 32.3 Å². The molecule has 1 fully saturated rings. The van der Waals surface area contributed by atoms with Gasteiger partial charge in [0.15, 0.2) is 0 Å². The Morgan fingerprint density at radius 2 is 1.81 bits per heavy atom.